The van der Waals surface area contributed by atoms with Gasteiger partial charge in [0.2, 0.25) is 11.8 Å². The fraction of sp³-hybridized carbons (Fsp3) is 0.0833. The van der Waals surface area contributed by atoms with Gasteiger partial charge in [0.05, 0.1) is 13.5 Å². The van der Waals surface area contributed by atoms with Crippen molar-refractivity contribution in [2.24, 2.45) is 0 Å². The number of nitrogens with one attached hydrogen (secondary N) is 2. The second-order valence-electron chi connectivity index (χ2n) is 6.39. The van der Waals surface area contributed by atoms with Crippen molar-refractivity contribution in [3.05, 3.63) is 96.1 Å². The highest BCUT2D eigenvalue weighted by atomic mass is 16.5. The summed E-state index contributed by atoms with van der Waals surface area (Å²) < 4.78 is 5.11. The Kier molecular flexibility index (Phi) is 6.79. The van der Waals surface area contributed by atoms with E-state index >= 15 is 0 Å². The number of methoxy groups -OCH3 is 1. The topological polar surface area (TPSA) is 67.4 Å². The Morgan fingerprint density at radius 3 is 2.24 bits per heavy atom. The zero-order valence-electron chi connectivity index (χ0n) is 16.1. The van der Waals surface area contributed by atoms with E-state index in [4.69, 9.17) is 4.74 Å². The number of hydrogen-bond donors (Lipinski definition) is 2. The van der Waals surface area contributed by atoms with Crippen LogP contribution >= 0.6 is 0 Å². The molecule has 0 heterocycles. The van der Waals surface area contributed by atoms with E-state index in [9.17, 15) is 9.59 Å². The van der Waals surface area contributed by atoms with Crippen LogP contribution in [0.3, 0.4) is 0 Å². The minimum Gasteiger partial charge on any atom is -0.497 e. The molecule has 5 heteroatoms. The van der Waals surface area contributed by atoms with Crippen LogP contribution in [0.25, 0.3) is 6.08 Å². The third-order valence-electron chi connectivity index (χ3n) is 4.16. The zero-order valence-corrected chi connectivity index (χ0v) is 16.1. The van der Waals surface area contributed by atoms with Crippen molar-refractivity contribution in [2.75, 3.05) is 17.7 Å². The molecular weight excluding hydrogens is 364 g/mol. The van der Waals surface area contributed by atoms with Gasteiger partial charge in [-0.05, 0) is 47.5 Å². The first-order valence-electron chi connectivity index (χ1n) is 9.19. The second-order valence-corrected chi connectivity index (χ2v) is 6.39. The molecule has 2 amide bonds. The van der Waals surface area contributed by atoms with Crippen LogP contribution in [0.5, 0.6) is 5.75 Å². The molecule has 146 valence electrons. The minimum absolute atomic E-state index is 0.112. The summed E-state index contributed by atoms with van der Waals surface area (Å²) in [6.07, 6.45) is 3.48. The van der Waals surface area contributed by atoms with Crippen LogP contribution in [-0.4, -0.2) is 18.9 Å². The Hall–Kier alpha value is -3.86. The number of carbonyl (C=O) groups is 2. The molecular formula is C24H22N2O3. The van der Waals surface area contributed by atoms with Crippen molar-refractivity contribution >= 4 is 29.3 Å². The molecule has 0 saturated heterocycles. The lowest BCUT2D eigenvalue weighted by Crippen LogP contribution is -2.14. The summed E-state index contributed by atoms with van der Waals surface area (Å²) in [5.74, 6) is 0.394. The number of amides is 2. The summed E-state index contributed by atoms with van der Waals surface area (Å²) in [6, 6.07) is 24.0. The lowest BCUT2D eigenvalue weighted by atomic mass is 10.1. The lowest BCUT2D eigenvalue weighted by molar-refractivity contribution is -0.115. The minimum atomic E-state index is -0.256. The van der Waals surface area contributed by atoms with Crippen LogP contribution in [0, 0.1) is 0 Å². The average molecular weight is 386 g/mol. The van der Waals surface area contributed by atoms with Crippen molar-refractivity contribution in [3.8, 4) is 5.75 Å². The van der Waals surface area contributed by atoms with Crippen LogP contribution in [0.1, 0.15) is 11.1 Å². The van der Waals surface area contributed by atoms with Crippen molar-refractivity contribution < 1.29 is 14.3 Å². The second kappa shape index (κ2) is 9.90. The molecule has 0 aliphatic rings. The first kappa shape index (κ1) is 19.9. The van der Waals surface area contributed by atoms with Crippen molar-refractivity contribution in [1.29, 1.82) is 0 Å². The zero-order chi connectivity index (χ0) is 20.5. The number of ether oxygens (including phenoxy) is 1. The van der Waals surface area contributed by atoms with Gasteiger partial charge in [-0.1, -0.05) is 48.5 Å². The van der Waals surface area contributed by atoms with E-state index in [1.807, 2.05) is 54.6 Å². The van der Waals surface area contributed by atoms with Crippen LogP contribution in [0.2, 0.25) is 0 Å². The largest absolute Gasteiger partial charge is 0.497 e. The van der Waals surface area contributed by atoms with Gasteiger partial charge in [0.25, 0.3) is 0 Å². The fourth-order valence-corrected chi connectivity index (χ4v) is 2.73. The predicted octanol–water partition coefficient (Wildman–Crippen LogP) is 4.53. The van der Waals surface area contributed by atoms with Gasteiger partial charge in [-0.2, -0.15) is 0 Å². The summed E-state index contributed by atoms with van der Waals surface area (Å²) in [7, 11) is 1.61. The first-order valence-corrected chi connectivity index (χ1v) is 9.19. The summed E-state index contributed by atoms with van der Waals surface area (Å²) in [5, 5.41) is 5.65. The molecule has 3 aromatic rings. The monoisotopic (exact) mass is 386 g/mol. The van der Waals surface area contributed by atoms with Gasteiger partial charge < -0.3 is 15.4 Å². The Bertz CT molecular complexity index is 996. The van der Waals surface area contributed by atoms with Gasteiger partial charge in [0, 0.05) is 17.5 Å². The fourth-order valence-electron chi connectivity index (χ4n) is 2.73. The summed E-state index contributed by atoms with van der Waals surface area (Å²) in [4.78, 5) is 24.4. The van der Waals surface area contributed by atoms with Gasteiger partial charge in [-0.15, -0.1) is 0 Å². The maximum Gasteiger partial charge on any atom is 0.248 e. The number of carbonyl (C=O) groups excluding carboxylic acids is 2. The molecule has 0 aromatic heterocycles. The number of benzene rings is 3. The van der Waals surface area contributed by atoms with Gasteiger partial charge >= 0.3 is 0 Å². The summed E-state index contributed by atoms with van der Waals surface area (Å²) >= 11 is 0. The summed E-state index contributed by atoms with van der Waals surface area (Å²) in [6.45, 7) is 0. The van der Waals surface area contributed by atoms with E-state index in [0.717, 1.165) is 16.9 Å². The molecule has 3 rings (SSSR count). The van der Waals surface area contributed by atoms with E-state index in [2.05, 4.69) is 10.6 Å². The molecule has 0 atom stereocenters. The third kappa shape index (κ3) is 6.36. The third-order valence-corrected chi connectivity index (χ3v) is 4.16. The molecule has 0 aliphatic carbocycles. The smallest absolute Gasteiger partial charge is 0.248 e. The van der Waals surface area contributed by atoms with Crippen LogP contribution < -0.4 is 15.4 Å². The van der Waals surface area contributed by atoms with Crippen LogP contribution in [0.15, 0.2) is 84.9 Å². The Labute approximate surface area is 170 Å². The molecule has 0 aliphatic heterocycles. The summed E-state index contributed by atoms with van der Waals surface area (Å²) in [5.41, 5.74) is 3.07. The predicted molar refractivity (Wildman–Crippen MR) is 116 cm³/mol. The molecule has 0 saturated carbocycles. The van der Waals surface area contributed by atoms with E-state index in [1.54, 1.807) is 37.5 Å². The maximum atomic E-state index is 12.2. The van der Waals surface area contributed by atoms with Gasteiger partial charge in [0.1, 0.15) is 5.75 Å². The van der Waals surface area contributed by atoms with E-state index in [0.29, 0.717) is 17.8 Å². The van der Waals surface area contributed by atoms with Crippen molar-refractivity contribution in [2.45, 2.75) is 6.42 Å². The quantitative estimate of drug-likeness (QED) is 0.586. The molecule has 29 heavy (non-hydrogen) atoms. The van der Waals surface area contributed by atoms with Crippen LogP contribution in [0.4, 0.5) is 11.4 Å². The normalized spacial score (nSPS) is 10.5. The van der Waals surface area contributed by atoms with Gasteiger partial charge in [-0.3, -0.25) is 9.59 Å². The standard InChI is InChI=1S/C24H22N2O3/c1-29-22-13-10-18(11-14-22)12-15-23(27)25-20-8-5-9-21(17-20)26-24(28)16-19-6-3-2-4-7-19/h2-15,17H,16H2,1H3,(H,25,27)(H,26,28)/b15-12+. The molecule has 0 spiro atoms. The highest BCUT2D eigenvalue weighted by molar-refractivity contribution is 6.02. The molecule has 0 bridgehead atoms. The average Bonchev–Trinajstić information content (AvgIpc) is 2.73. The number of rotatable bonds is 7. The molecule has 3 aromatic carbocycles. The highest BCUT2D eigenvalue weighted by Crippen LogP contribution is 2.16. The van der Waals surface area contributed by atoms with Crippen molar-refractivity contribution in [3.63, 3.8) is 0 Å². The Morgan fingerprint density at radius 2 is 1.55 bits per heavy atom. The Balaban J connectivity index is 1.56. The first-order chi connectivity index (χ1) is 14.1. The number of hydrogen-bond acceptors (Lipinski definition) is 3. The van der Waals surface area contributed by atoms with Crippen molar-refractivity contribution in [1.82, 2.24) is 0 Å². The molecule has 0 unspecified atom stereocenters. The van der Waals surface area contributed by atoms with E-state index in [1.165, 1.54) is 6.08 Å². The van der Waals surface area contributed by atoms with Gasteiger partial charge in [0.15, 0.2) is 0 Å². The SMILES string of the molecule is COc1ccc(/C=C/C(=O)Nc2cccc(NC(=O)Cc3ccccc3)c2)cc1. The molecule has 2 N–H and O–H groups in total. The molecule has 0 fully saturated rings. The van der Waals surface area contributed by atoms with Crippen LogP contribution in [-0.2, 0) is 16.0 Å². The van der Waals surface area contributed by atoms with E-state index in [-0.39, 0.29) is 11.8 Å². The lowest BCUT2D eigenvalue weighted by Gasteiger charge is -2.08. The highest BCUT2D eigenvalue weighted by Gasteiger charge is 2.05. The van der Waals surface area contributed by atoms with E-state index < -0.39 is 0 Å². The maximum absolute atomic E-state index is 12.2. The Morgan fingerprint density at radius 1 is 0.862 bits per heavy atom. The molecule has 0 radical (unpaired) electrons. The number of anilines is 2. The molecule has 5 nitrogen and oxygen atoms in total. The van der Waals surface area contributed by atoms with Gasteiger partial charge in [-0.25, -0.2) is 0 Å².